The van der Waals surface area contributed by atoms with Crippen LogP contribution in [0.4, 0.5) is 0 Å². The summed E-state index contributed by atoms with van der Waals surface area (Å²) < 4.78 is 7.33. The van der Waals surface area contributed by atoms with Gasteiger partial charge >= 0.3 is 0 Å². The van der Waals surface area contributed by atoms with Gasteiger partial charge in [0.05, 0.1) is 24.4 Å². The molecule has 0 aliphatic heterocycles. The van der Waals surface area contributed by atoms with Crippen molar-refractivity contribution in [3.05, 3.63) is 87.7 Å². The number of carbonyl (C=O) groups excluding carboxylic acids is 1. The Balaban J connectivity index is 1.42. The number of aryl methyl sites for hydroxylation is 2. The second kappa shape index (κ2) is 11.0. The van der Waals surface area contributed by atoms with E-state index in [0.29, 0.717) is 42.7 Å². The van der Waals surface area contributed by atoms with Crippen LogP contribution in [0.15, 0.2) is 54.6 Å². The molecule has 3 aromatic rings. The topological polar surface area (TPSA) is 56.2 Å². The van der Waals surface area contributed by atoms with Crippen LogP contribution >= 0.6 is 11.6 Å². The van der Waals surface area contributed by atoms with Crippen molar-refractivity contribution in [2.24, 2.45) is 0 Å². The highest BCUT2D eigenvalue weighted by molar-refractivity contribution is 6.33. The quantitative estimate of drug-likeness (QED) is 0.483. The Hall–Kier alpha value is -2.63. The largest absolute Gasteiger partial charge is 0.381 e. The number of ether oxygens (including phenoxy) is 1. The zero-order valence-electron chi connectivity index (χ0n) is 17.5. The van der Waals surface area contributed by atoms with Gasteiger partial charge in [-0.15, -0.1) is 0 Å². The first kappa shape index (κ1) is 22.1. The Morgan fingerprint density at radius 1 is 1.03 bits per heavy atom. The molecule has 0 spiro atoms. The van der Waals surface area contributed by atoms with Crippen LogP contribution in [0.3, 0.4) is 0 Å². The number of rotatable bonds is 10. The lowest BCUT2D eigenvalue weighted by Crippen LogP contribution is -2.26. The van der Waals surface area contributed by atoms with Crippen molar-refractivity contribution in [2.45, 2.75) is 33.2 Å². The molecule has 1 N–H and O–H groups in total. The molecule has 1 amide bonds. The maximum atomic E-state index is 12.6. The van der Waals surface area contributed by atoms with Gasteiger partial charge in [-0.05, 0) is 37.8 Å². The first-order valence-corrected chi connectivity index (χ1v) is 10.6. The third-order valence-corrected chi connectivity index (χ3v) is 5.26. The third-order valence-electron chi connectivity index (χ3n) is 4.87. The molecule has 0 saturated carbocycles. The summed E-state index contributed by atoms with van der Waals surface area (Å²) in [6, 6.07) is 18.4. The standard InChI is InChI=1S/C24H28ClN3O2/c1-18-9-11-21(12-10-18)17-28-23(25)22(19(2)27-28)24(29)26-14-6-15-30-16-13-20-7-4-3-5-8-20/h3-5,7-12H,6,13-17H2,1-2H3,(H,26,29). The SMILES string of the molecule is Cc1ccc(Cn2nc(C)c(C(=O)NCCCOCCc3ccccc3)c2Cl)cc1. The second-order valence-corrected chi connectivity index (χ2v) is 7.71. The van der Waals surface area contributed by atoms with Crippen molar-refractivity contribution in [2.75, 3.05) is 19.8 Å². The Kier molecular flexibility index (Phi) is 8.05. The Labute approximate surface area is 183 Å². The molecule has 1 aromatic heterocycles. The molecule has 0 atom stereocenters. The highest BCUT2D eigenvalue weighted by atomic mass is 35.5. The smallest absolute Gasteiger partial charge is 0.256 e. The fourth-order valence-corrected chi connectivity index (χ4v) is 3.50. The predicted octanol–water partition coefficient (Wildman–Crippen LogP) is 4.58. The number of nitrogens with zero attached hydrogens (tertiary/aromatic N) is 2. The minimum atomic E-state index is -0.197. The molecule has 0 unspecified atom stereocenters. The lowest BCUT2D eigenvalue weighted by molar-refractivity contribution is 0.0941. The van der Waals surface area contributed by atoms with Crippen LogP contribution in [-0.4, -0.2) is 35.4 Å². The number of carbonyl (C=O) groups is 1. The zero-order chi connectivity index (χ0) is 21.3. The number of amides is 1. The zero-order valence-corrected chi connectivity index (χ0v) is 18.3. The minimum absolute atomic E-state index is 0.197. The molecule has 30 heavy (non-hydrogen) atoms. The lowest BCUT2D eigenvalue weighted by Gasteiger charge is -2.07. The van der Waals surface area contributed by atoms with E-state index in [4.69, 9.17) is 16.3 Å². The Morgan fingerprint density at radius 3 is 2.50 bits per heavy atom. The molecular weight excluding hydrogens is 398 g/mol. The van der Waals surface area contributed by atoms with Crippen LogP contribution in [0, 0.1) is 13.8 Å². The van der Waals surface area contributed by atoms with E-state index in [9.17, 15) is 4.79 Å². The second-order valence-electron chi connectivity index (χ2n) is 7.35. The highest BCUT2D eigenvalue weighted by Gasteiger charge is 2.20. The number of aromatic nitrogens is 2. The number of hydrogen-bond donors (Lipinski definition) is 1. The molecule has 3 rings (SSSR count). The first-order chi connectivity index (χ1) is 14.5. The third kappa shape index (κ3) is 6.18. The Bertz CT molecular complexity index is 953. The van der Waals surface area contributed by atoms with Crippen LogP contribution in [0.1, 0.15) is 39.2 Å². The molecule has 0 fully saturated rings. The van der Waals surface area contributed by atoms with Crippen LogP contribution in [0.25, 0.3) is 0 Å². The monoisotopic (exact) mass is 425 g/mol. The van der Waals surface area contributed by atoms with Gasteiger partial charge in [-0.3, -0.25) is 4.79 Å². The molecule has 6 heteroatoms. The fraction of sp³-hybridized carbons (Fsp3) is 0.333. The van der Waals surface area contributed by atoms with E-state index < -0.39 is 0 Å². The van der Waals surface area contributed by atoms with E-state index in [1.165, 1.54) is 11.1 Å². The van der Waals surface area contributed by atoms with Gasteiger partial charge in [-0.25, -0.2) is 4.68 Å². The van der Waals surface area contributed by atoms with Crippen LogP contribution in [0.2, 0.25) is 5.15 Å². The van der Waals surface area contributed by atoms with Crippen molar-refractivity contribution < 1.29 is 9.53 Å². The van der Waals surface area contributed by atoms with Crippen LogP contribution in [0.5, 0.6) is 0 Å². The highest BCUT2D eigenvalue weighted by Crippen LogP contribution is 2.21. The molecule has 0 bridgehead atoms. The molecule has 2 aromatic carbocycles. The summed E-state index contributed by atoms with van der Waals surface area (Å²) in [4.78, 5) is 12.6. The predicted molar refractivity (Wildman–Crippen MR) is 120 cm³/mol. The fourth-order valence-electron chi connectivity index (χ4n) is 3.18. The molecule has 0 aliphatic carbocycles. The van der Waals surface area contributed by atoms with Crippen molar-refractivity contribution in [1.29, 1.82) is 0 Å². The summed E-state index contributed by atoms with van der Waals surface area (Å²) in [5.74, 6) is -0.197. The van der Waals surface area contributed by atoms with Gasteiger partial charge in [0, 0.05) is 13.2 Å². The molecule has 158 valence electrons. The van der Waals surface area contributed by atoms with Gasteiger partial charge in [0.2, 0.25) is 0 Å². The van der Waals surface area contributed by atoms with Crippen molar-refractivity contribution in [3.63, 3.8) is 0 Å². The van der Waals surface area contributed by atoms with E-state index in [-0.39, 0.29) is 5.91 Å². The molecule has 0 aliphatic rings. The van der Waals surface area contributed by atoms with Crippen molar-refractivity contribution in [1.82, 2.24) is 15.1 Å². The summed E-state index contributed by atoms with van der Waals surface area (Å²) in [5.41, 5.74) is 4.62. The minimum Gasteiger partial charge on any atom is -0.381 e. The van der Waals surface area contributed by atoms with E-state index in [1.54, 1.807) is 11.6 Å². The van der Waals surface area contributed by atoms with Crippen LogP contribution in [-0.2, 0) is 17.7 Å². The van der Waals surface area contributed by atoms with E-state index >= 15 is 0 Å². The van der Waals surface area contributed by atoms with Crippen molar-refractivity contribution >= 4 is 17.5 Å². The first-order valence-electron chi connectivity index (χ1n) is 10.2. The van der Waals surface area contributed by atoms with Crippen LogP contribution < -0.4 is 5.32 Å². The van der Waals surface area contributed by atoms with Gasteiger partial charge in [0.25, 0.3) is 5.91 Å². The van der Waals surface area contributed by atoms with E-state index in [1.807, 2.05) is 37.3 Å². The molecule has 0 saturated heterocycles. The molecule has 0 radical (unpaired) electrons. The van der Waals surface area contributed by atoms with Crippen molar-refractivity contribution in [3.8, 4) is 0 Å². The molecule has 5 nitrogen and oxygen atoms in total. The summed E-state index contributed by atoms with van der Waals surface area (Å²) in [6.45, 7) is 6.19. The summed E-state index contributed by atoms with van der Waals surface area (Å²) >= 11 is 6.46. The average molecular weight is 426 g/mol. The number of nitrogens with one attached hydrogen (secondary N) is 1. The number of benzene rings is 2. The Morgan fingerprint density at radius 2 is 1.77 bits per heavy atom. The van der Waals surface area contributed by atoms with E-state index in [0.717, 1.165) is 18.4 Å². The maximum Gasteiger partial charge on any atom is 0.256 e. The normalized spacial score (nSPS) is 10.9. The van der Waals surface area contributed by atoms with Gasteiger partial charge < -0.3 is 10.1 Å². The van der Waals surface area contributed by atoms with E-state index in [2.05, 4.69) is 34.7 Å². The average Bonchev–Trinajstić information content (AvgIpc) is 3.02. The summed E-state index contributed by atoms with van der Waals surface area (Å²) in [7, 11) is 0. The van der Waals surface area contributed by atoms with Gasteiger partial charge in [0.1, 0.15) is 5.15 Å². The van der Waals surface area contributed by atoms with Gasteiger partial charge in [0.15, 0.2) is 0 Å². The summed E-state index contributed by atoms with van der Waals surface area (Å²) in [5, 5.41) is 7.73. The maximum absolute atomic E-state index is 12.6. The number of hydrogen-bond acceptors (Lipinski definition) is 3. The lowest BCUT2D eigenvalue weighted by atomic mass is 10.1. The molecular formula is C24H28ClN3O2. The van der Waals surface area contributed by atoms with Gasteiger partial charge in [-0.2, -0.15) is 5.10 Å². The van der Waals surface area contributed by atoms with Gasteiger partial charge in [-0.1, -0.05) is 71.8 Å². The summed E-state index contributed by atoms with van der Waals surface area (Å²) in [6.07, 6.45) is 1.64. The number of halogens is 1. The molecule has 1 heterocycles.